The van der Waals surface area contributed by atoms with Gasteiger partial charge < -0.3 is 10.5 Å². The van der Waals surface area contributed by atoms with Crippen molar-refractivity contribution < 1.29 is 4.74 Å². The standard InChI is InChI=1S/C29H25N3O/c30-17-25-27(23-14-8-3-9-15-23)26-20-32(18-22-12-6-2-7-13-22)19-24(28(26)33-29(25)31)16-21-10-4-1-5-11-21/h1-16,27H,18-20,31H2/b24-16+/t27-/m0/s1. The van der Waals surface area contributed by atoms with Crippen molar-refractivity contribution >= 4 is 6.08 Å². The van der Waals surface area contributed by atoms with E-state index in [2.05, 4.69) is 65.6 Å². The molecule has 2 aliphatic rings. The van der Waals surface area contributed by atoms with Gasteiger partial charge in [-0.15, -0.1) is 0 Å². The van der Waals surface area contributed by atoms with Crippen LogP contribution in [0.4, 0.5) is 0 Å². The molecule has 0 unspecified atom stereocenters. The molecule has 2 heterocycles. The fraction of sp³-hybridized carbons (Fsp3) is 0.138. The van der Waals surface area contributed by atoms with E-state index >= 15 is 0 Å². The van der Waals surface area contributed by atoms with Gasteiger partial charge in [0.15, 0.2) is 0 Å². The van der Waals surface area contributed by atoms with Crippen molar-refractivity contribution in [2.75, 3.05) is 13.1 Å². The van der Waals surface area contributed by atoms with Gasteiger partial charge in [0.25, 0.3) is 0 Å². The lowest BCUT2D eigenvalue weighted by Crippen LogP contribution is -2.37. The lowest BCUT2D eigenvalue weighted by Gasteiger charge is -2.38. The van der Waals surface area contributed by atoms with E-state index in [0.29, 0.717) is 12.1 Å². The molecule has 0 aromatic heterocycles. The molecule has 0 amide bonds. The van der Waals surface area contributed by atoms with Crippen molar-refractivity contribution in [3.63, 3.8) is 0 Å². The maximum atomic E-state index is 9.97. The van der Waals surface area contributed by atoms with Crippen LogP contribution in [0.1, 0.15) is 22.6 Å². The van der Waals surface area contributed by atoms with E-state index < -0.39 is 0 Å². The molecule has 0 fully saturated rings. The molecule has 33 heavy (non-hydrogen) atoms. The summed E-state index contributed by atoms with van der Waals surface area (Å²) in [7, 11) is 0. The SMILES string of the molecule is N#CC1=C(N)OC2=C(CN(Cc3ccccc3)C/C2=C\c2ccccc2)[C@H]1c1ccccc1. The molecule has 0 saturated carbocycles. The number of nitrogens with two attached hydrogens (primary N) is 1. The third-order valence-electron chi connectivity index (χ3n) is 6.13. The number of allylic oxidation sites excluding steroid dienone is 1. The molecule has 0 radical (unpaired) electrons. The second-order valence-corrected chi connectivity index (χ2v) is 8.40. The second-order valence-electron chi connectivity index (χ2n) is 8.40. The summed E-state index contributed by atoms with van der Waals surface area (Å²) in [6.45, 7) is 2.25. The molecule has 5 rings (SSSR count). The molecular weight excluding hydrogens is 406 g/mol. The van der Waals surface area contributed by atoms with E-state index in [1.807, 2.05) is 42.5 Å². The highest BCUT2D eigenvalue weighted by Crippen LogP contribution is 2.43. The van der Waals surface area contributed by atoms with Crippen LogP contribution in [0.2, 0.25) is 0 Å². The molecule has 1 atom stereocenters. The fourth-order valence-electron chi connectivity index (χ4n) is 4.67. The van der Waals surface area contributed by atoms with Gasteiger partial charge in [-0.3, -0.25) is 4.90 Å². The van der Waals surface area contributed by atoms with E-state index in [-0.39, 0.29) is 11.8 Å². The predicted molar refractivity (Wildman–Crippen MR) is 130 cm³/mol. The van der Waals surface area contributed by atoms with Crippen LogP contribution >= 0.6 is 0 Å². The molecular formula is C29H25N3O. The van der Waals surface area contributed by atoms with Crippen LogP contribution in [-0.2, 0) is 11.3 Å². The van der Waals surface area contributed by atoms with Gasteiger partial charge in [0.2, 0.25) is 5.88 Å². The Kier molecular flexibility index (Phi) is 5.80. The number of hydrogen-bond acceptors (Lipinski definition) is 4. The van der Waals surface area contributed by atoms with Crippen LogP contribution in [0, 0.1) is 11.3 Å². The molecule has 3 aromatic rings. The third kappa shape index (κ3) is 4.32. The highest BCUT2D eigenvalue weighted by Gasteiger charge is 2.37. The van der Waals surface area contributed by atoms with Gasteiger partial charge in [0, 0.05) is 25.2 Å². The number of benzene rings is 3. The zero-order valence-corrected chi connectivity index (χ0v) is 18.3. The molecule has 0 saturated heterocycles. The van der Waals surface area contributed by atoms with Crippen LogP contribution < -0.4 is 5.73 Å². The molecule has 0 spiro atoms. The number of hydrogen-bond donors (Lipinski definition) is 1. The summed E-state index contributed by atoms with van der Waals surface area (Å²) in [4.78, 5) is 2.40. The summed E-state index contributed by atoms with van der Waals surface area (Å²) in [6.07, 6.45) is 2.17. The topological polar surface area (TPSA) is 62.3 Å². The van der Waals surface area contributed by atoms with Crippen molar-refractivity contribution in [1.29, 1.82) is 5.26 Å². The third-order valence-corrected chi connectivity index (χ3v) is 6.13. The predicted octanol–water partition coefficient (Wildman–Crippen LogP) is 5.35. The van der Waals surface area contributed by atoms with Crippen LogP contribution in [0.15, 0.2) is 119 Å². The smallest absolute Gasteiger partial charge is 0.205 e. The van der Waals surface area contributed by atoms with Gasteiger partial charge in [-0.05, 0) is 28.3 Å². The Labute approximate surface area is 194 Å². The lowest BCUT2D eigenvalue weighted by atomic mass is 9.80. The zero-order valence-electron chi connectivity index (χ0n) is 18.3. The van der Waals surface area contributed by atoms with Crippen molar-refractivity contribution in [3.8, 4) is 6.07 Å². The normalized spacial score (nSPS) is 19.7. The van der Waals surface area contributed by atoms with Gasteiger partial charge in [-0.1, -0.05) is 91.0 Å². The average Bonchev–Trinajstić information content (AvgIpc) is 2.85. The number of nitriles is 1. The Balaban J connectivity index is 1.62. The molecule has 2 N–H and O–H groups in total. The number of rotatable bonds is 4. The molecule has 3 aromatic carbocycles. The second kappa shape index (κ2) is 9.20. The Bertz CT molecular complexity index is 1270. The Hall–Kier alpha value is -4.07. The first-order chi connectivity index (χ1) is 16.2. The maximum Gasteiger partial charge on any atom is 0.205 e. The van der Waals surface area contributed by atoms with E-state index in [4.69, 9.17) is 10.5 Å². The van der Waals surface area contributed by atoms with Crippen LogP contribution in [0.25, 0.3) is 6.08 Å². The summed E-state index contributed by atoms with van der Waals surface area (Å²) in [5, 5.41) is 9.97. The molecule has 162 valence electrons. The minimum Gasteiger partial charge on any atom is -0.440 e. The highest BCUT2D eigenvalue weighted by atomic mass is 16.5. The molecule has 0 aliphatic carbocycles. The fourth-order valence-corrected chi connectivity index (χ4v) is 4.67. The molecule has 0 bridgehead atoms. The number of nitrogens with zero attached hydrogens (tertiary/aromatic N) is 2. The minimum atomic E-state index is -0.224. The maximum absolute atomic E-state index is 9.97. The summed E-state index contributed by atoms with van der Waals surface area (Å²) in [6, 6.07) is 33.1. The summed E-state index contributed by atoms with van der Waals surface area (Å²) in [5.41, 5.74) is 12.3. The summed E-state index contributed by atoms with van der Waals surface area (Å²) >= 11 is 0. The molecule has 2 aliphatic heterocycles. The first-order valence-corrected chi connectivity index (χ1v) is 11.1. The zero-order chi connectivity index (χ0) is 22.6. The van der Waals surface area contributed by atoms with E-state index in [0.717, 1.165) is 41.1 Å². The van der Waals surface area contributed by atoms with E-state index in [9.17, 15) is 5.26 Å². The van der Waals surface area contributed by atoms with Gasteiger partial charge in [0.1, 0.15) is 17.4 Å². The quantitative estimate of drug-likeness (QED) is 0.605. The van der Waals surface area contributed by atoms with Crippen LogP contribution in [0.5, 0.6) is 0 Å². The van der Waals surface area contributed by atoms with Crippen LogP contribution in [0.3, 0.4) is 0 Å². The highest BCUT2D eigenvalue weighted by molar-refractivity contribution is 5.63. The number of ether oxygens (including phenoxy) is 1. The van der Waals surface area contributed by atoms with Gasteiger partial charge in [-0.2, -0.15) is 5.26 Å². The van der Waals surface area contributed by atoms with Gasteiger partial charge in [-0.25, -0.2) is 0 Å². The Morgan fingerprint density at radius 3 is 2.21 bits per heavy atom. The van der Waals surface area contributed by atoms with Crippen molar-refractivity contribution in [1.82, 2.24) is 4.90 Å². The molecule has 4 nitrogen and oxygen atoms in total. The van der Waals surface area contributed by atoms with Gasteiger partial charge >= 0.3 is 0 Å². The first-order valence-electron chi connectivity index (χ1n) is 11.1. The average molecular weight is 432 g/mol. The Morgan fingerprint density at radius 1 is 0.909 bits per heavy atom. The monoisotopic (exact) mass is 431 g/mol. The van der Waals surface area contributed by atoms with Crippen LogP contribution in [-0.4, -0.2) is 18.0 Å². The summed E-state index contributed by atoms with van der Waals surface area (Å²) in [5.74, 6) is 0.770. The van der Waals surface area contributed by atoms with E-state index in [1.54, 1.807) is 0 Å². The first kappa shape index (κ1) is 20.8. The summed E-state index contributed by atoms with van der Waals surface area (Å²) < 4.78 is 6.15. The van der Waals surface area contributed by atoms with Crippen molar-refractivity contribution in [2.45, 2.75) is 12.5 Å². The van der Waals surface area contributed by atoms with Crippen molar-refractivity contribution in [3.05, 3.63) is 136 Å². The Morgan fingerprint density at radius 2 is 1.55 bits per heavy atom. The largest absolute Gasteiger partial charge is 0.440 e. The van der Waals surface area contributed by atoms with Gasteiger partial charge in [0.05, 0.1) is 5.92 Å². The molecule has 4 heteroatoms. The van der Waals surface area contributed by atoms with E-state index in [1.165, 1.54) is 5.56 Å². The minimum absolute atomic E-state index is 0.195. The lowest BCUT2D eigenvalue weighted by molar-refractivity contribution is 0.230. The van der Waals surface area contributed by atoms with Crippen molar-refractivity contribution in [2.24, 2.45) is 5.73 Å².